The molecule has 0 fully saturated rings. The third kappa shape index (κ3) is 2.50. The Labute approximate surface area is 138 Å². The Morgan fingerprint density at radius 1 is 1.08 bits per heavy atom. The fourth-order valence-corrected chi connectivity index (χ4v) is 3.08. The first kappa shape index (κ1) is 14.4. The van der Waals surface area contributed by atoms with Crippen molar-refractivity contribution >= 4 is 28.4 Å². The van der Waals surface area contributed by atoms with Gasteiger partial charge in [-0.2, -0.15) is 0 Å². The SMILES string of the molecule is O=C(C[C@H]1NC(=O)c2ccccc21)Nc1cccc2ncccc12. The van der Waals surface area contributed by atoms with Crippen molar-refractivity contribution < 1.29 is 9.59 Å². The average molecular weight is 317 g/mol. The second-order valence-electron chi connectivity index (χ2n) is 5.74. The van der Waals surface area contributed by atoms with Crippen molar-refractivity contribution in [3.05, 3.63) is 71.9 Å². The highest BCUT2D eigenvalue weighted by Gasteiger charge is 2.29. The van der Waals surface area contributed by atoms with Gasteiger partial charge in [-0.15, -0.1) is 0 Å². The zero-order valence-electron chi connectivity index (χ0n) is 12.8. The first-order valence-corrected chi connectivity index (χ1v) is 7.76. The van der Waals surface area contributed by atoms with E-state index in [-0.39, 0.29) is 24.3 Å². The number of hydrogen-bond donors (Lipinski definition) is 2. The maximum atomic E-state index is 12.4. The molecule has 0 unspecified atom stereocenters. The summed E-state index contributed by atoms with van der Waals surface area (Å²) in [5.41, 5.74) is 3.07. The van der Waals surface area contributed by atoms with Crippen LogP contribution in [0.15, 0.2) is 60.8 Å². The Hall–Kier alpha value is -3.21. The van der Waals surface area contributed by atoms with E-state index >= 15 is 0 Å². The van der Waals surface area contributed by atoms with Crippen molar-refractivity contribution in [3.63, 3.8) is 0 Å². The van der Waals surface area contributed by atoms with Crippen LogP contribution < -0.4 is 10.6 Å². The summed E-state index contributed by atoms with van der Waals surface area (Å²) in [5.74, 6) is -0.272. The lowest BCUT2D eigenvalue weighted by Gasteiger charge is -2.13. The van der Waals surface area contributed by atoms with E-state index in [1.54, 1.807) is 12.3 Å². The molecule has 118 valence electrons. The molecule has 5 heteroatoms. The molecule has 0 saturated heterocycles. The number of amides is 2. The number of aromatic nitrogens is 1. The molecule has 3 aromatic rings. The van der Waals surface area contributed by atoms with Crippen molar-refractivity contribution in [3.8, 4) is 0 Å². The first-order valence-electron chi connectivity index (χ1n) is 7.76. The molecule has 1 aliphatic rings. The molecule has 0 spiro atoms. The molecule has 5 nitrogen and oxygen atoms in total. The van der Waals surface area contributed by atoms with Gasteiger partial charge in [-0.3, -0.25) is 14.6 Å². The highest BCUT2D eigenvalue weighted by atomic mass is 16.2. The summed E-state index contributed by atoms with van der Waals surface area (Å²) < 4.78 is 0. The van der Waals surface area contributed by atoms with Crippen LogP contribution >= 0.6 is 0 Å². The Morgan fingerprint density at radius 3 is 2.88 bits per heavy atom. The Morgan fingerprint density at radius 2 is 1.96 bits per heavy atom. The molecule has 2 heterocycles. The number of rotatable bonds is 3. The third-order valence-electron chi connectivity index (χ3n) is 4.20. The van der Waals surface area contributed by atoms with Gasteiger partial charge >= 0.3 is 0 Å². The highest BCUT2D eigenvalue weighted by molar-refractivity contribution is 6.03. The molecular weight excluding hydrogens is 302 g/mol. The van der Waals surface area contributed by atoms with Crippen molar-refractivity contribution in [2.24, 2.45) is 0 Å². The van der Waals surface area contributed by atoms with Crippen molar-refractivity contribution in [2.45, 2.75) is 12.5 Å². The maximum absolute atomic E-state index is 12.4. The molecule has 1 atom stereocenters. The number of anilines is 1. The van der Waals surface area contributed by atoms with Crippen LogP contribution in [0.2, 0.25) is 0 Å². The van der Waals surface area contributed by atoms with E-state index in [0.29, 0.717) is 5.56 Å². The Balaban J connectivity index is 1.55. The van der Waals surface area contributed by atoms with Crippen LogP contribution in [0.4, 0.5) is 5.69 Å². The minimum atomic E-state index is -0.290. The number of nitrogens with one attached hydrogen (secondary N) is 2. The molecule has 1 aromatic heterocycles. The number of pyridine rings is 1. The number of nitrogens with zero attached hydrogens (tertiary/aromatic N) is 1. The zero-order valence-corrected chi connectivity index (χ0v) is 12.8. The molecule has 1 aliphatic heterocycles. The normalized spacial score (nSPS) is 15.8. The van der Waals surface area contributed by atoms with Crippen molar-refractivity contribution in [2.75, 3.05) is 5.32 Å². The number of hydrogen-bond acceptors (Lipinski definition) is 3. The quantitative estimate of drug-likeness (QED) is 0.780. The van der Waals surface area contributed by atoms with E-state index in [2.05, 4.69) is 15.6 Å². The molecule has 0 bridgehead atoms. The van der Waals surface area contributed by atoms with E-state index < -0.39 is 0 Å². The van der Waals surface area contributed by atoms with Crippen LogP contribution in [0.1, 0.15) is 28.4 Å². The summed E-state index contributed by atoms with van der Waals surface area (Å²) in [5, 5.41) is 6.68. The second-order valence-corrected chi connectivity index (χ2v) is 5.74. The van der Waals surface area contributed by atoms with E-state index in [9.17, 15) is 9.59 Å². The summed E-state index contributed by atoms with van der Waals surface area (Å²) in [4.78, 5) is 28.7. The Bertz CT molecular complexity index is 947. The van der Waals surface area contributed by atoms with Crippen molar-refractivity contribution in [1.82, 2.24) is 10.3 Å². The fourth-order valence-electron chi connectivity index (χ4n) is 3.08. The van der Waals surface area contributed by atoms with Gasteiger partial charge in [-0.25, -0.2) is 0 Å². The van der Waals surface area contributed by atoms with Gasteiger partial charge < -0.3 is 10.6 Å². The molecule has 24 heavy (non-hydrogen) atoms. The fraction of sp³-hybridized carbons (Fsp3) is 0.105. The van der Waals surface area contributed by atoms with Crippen LogP contribution in [0.25, 0.3) is 10.9 Å². The average Bonchev–Trinajstić information content (AvgIpc) is 2.91. The van der Waals surface area contributed by atoms with Gasteiger partial charge in [-0.05, 0) is 35.9 Å². The van der Waals surface area contributed by atoms with Crippen LogP contribution in [-0.2, 0) is 4.79 Å². The van der Waals surface area contributed by atoms with Gasteiger partial charge in [0, 0.05) is 17.1 Å². The summed E-state index contributed by atoms with van der Waals surface area (Å²) in [6.07, 6.45) is 1.92. The number of fused-ring (bicyclic) bond motifs is 2. The summed E-state index contributed by atoms with van der Waals surface area (Å²) in [6, 6.07) is 16.4. The first-order chi connectivity index (χ1) is 11.7. The monoisotopic (exact) mass is 317 g/mol. The van der Waals surface area contributed by atoms with Crippen LogP contribution in [0, 0.1) is 0 Å². The molecule has 2 amide bonds. The molecule has 2 aromatic carbocycles. The van der Waals surface area contributed by atoms with E-state index in [1.807, 2.05) is 48.5 Å². The third-order valence-corrected chi connectivity index (χ3v) is 4.20. The topological polar surface area (TPSA) is 71.1 Å². The van der Waals surface area contributed by atoms with Crippen LogP contribution in [0.5, 0.6) is 0 Å². The minimum absolute atomic E-state index is 0.127. The molecule has 0 aliphatic carbocycles. The number of benzene rings is 2. The number of carbonyl (C=O) groups is 2. The minimum Gasteiger partial charge on any atom is -0.345 e. The lowest BCUT2D eigenvalue weighted by atomic mass is 10.0. The molecule has 2 N–H and O–H groups in total. The number of carbonyl (C=O) groups excluding carboxylic acids is 2. The van der Waals surface area contributed by atoms with Gasteiger partial charge in [0.15, 0.2) is 0 Å². The van der Waals surface area contributed by atoms with Crippen LogP contribution in [-0.4, -0.2) is 16.8 Å². The van der Waals surface area contributed by atoms with E-state index in [0.717, 1.165) is 22.2 Å². The molecule has 0 saturated carbocycles. The predicted octanol–water partition coefficient (Wildman–Crippen LogP) is 3.05. The predicted molar refractivity (Wildman–Crippen MR) is 91.6 cm³/mol. The lowest BCUT2D eigenvalue weighted by molar-refractivity contribution is -0.116. The van der Waals surface area contributed by atoms with Gasteiger partial charge in [0.2, 0.25) is 5.91 Å². The highest BCUT2D eigenvalue weighted by Crippen LogP contribution is 2.28. The van der Waals surface area contributed by atoms with Gasteiger partial charge in [0.05, 0.1) is 23.7 Å². The maximum Gasteiger partial charge on any atom is 0.252 e. The van der Waals surface area contributed by atoms with E-state index in [4.69, 9.17) is 0 Å². The van der Waals surface area contributed by atoms with Gasteiger partial charge in [0.1, 0.15) is 0 Å². The van der Waals surface area contributed by atoms with Crippen LogP contribution in [0.3, 0.4) is 0 Å². The van der Waals surface area contributed by atoms with E-state index in [1.165, 1.54) is 0 Å². The molecular formula is C19H15N3O2. The van der Waals surface area contributed by atoms with Gasteiger partial charge in [0.25, 0.3) is 5.91 Å². The largest absolute Gasteiger partial charge is 0.345 e. The standard InChI is InChI=1S/C19H15N3O2/c23-18(11-17-12-5-1-2-6-13(12)19(24)22-17)21-16-9-3-8-15-14(16)7-4-10-20-15/h1-10,17H,11H2,(H,21,23)(H,22,24)/t17-/m1/s1. The summed E-state index contributed by atoms with van der Waals surface area (Å²) >= 11 is 0. The summed E-state index contributed by atoms with van der Waals surface area (Å²) in [7, 11) is 0. The Kier molecular flexibility index (Phi) is 3.46. The zero-order chi connectivity index (χ0) is 16.5. The second kappa shape index (κ2) is 5.77. The summed E-state index contributed by atoms with van der Waals surface area (Å²) in [6.45, 7) is 0. The smallest absolute Gasteiger partial charge is 0.252 e. The molecule has 0 radical (unpaired) electrons. The van der Waals surface area contributed by atoms with Crippen molar-refractivity contribution in [1.29, 1.82) is 0 Å². The molecule has 4 rings (SSSR count). The van der Waals surface area contributed by atoms with Gasteiger partial charge in [-0.1, -0.05) is 24.3 Å². The lowest BCUT2D eigenvalue weighted by Crippen LogP contribution is -2.24.